The van der Waals surface area contributed by atoms with Gasteiger partial charge >= 0.3 is 0 Å². The lowest BCUT2D eigenvalue weighted by atomic mass is 10.2. The van der Waals surface area contributed by atoms with Crippen LogP contribution in [-0.4, -0.2) is 12.5 Å². The molecule has 0 radical (unpaired) electrons. The molecule has 3 heteroatoms. The highest BCUT2D eigenvalue weighted by Gasteiger charge is 2.12. The minimum absolute atomic E-state index is 0.308. The molecule has 0 bridgehead atoms. The molecule has 0 fully saturated rings. The van der Waals surface area contributed by atoms with Gasteiger partial charge in [-0.15, -0.1) is 0 Å². The molecule has 0 N–H and O–H groups in total. The second kappa shape index (κ2) is 4.30. The van der Waals surface area contributed by atoms with E-state index in [1.807, 2.05) is 18.2 Å². The third-order valence-corrected chi connectivity index (χ3v) is 2.07. The number of rotatable bonds is 1. The van der Waals surface area contributed by atoms with E-state index in [0.717, 1.165) is 29.2 Å². The fourth-order valence-electron chi connectivity index (χ4n) is 1.19. The van der Waals surface area contributed by atoms with Crippen molar-refractivity contribution in [1.82, 2.24) is 0 Å². The van der Waals surface area contributed by atoms with Crippen molar-refractivity contribution in [1.29, 1.82) is 0 Å². The Bertz CT molecular complexity index is 390. The van der Waals surface area contributed by atoms with E-state index in [9.17, 15) is 0 Å². The molecule has 72 valence electrons. The highest BCUT2D eigenvalue weighted by atomic mass is 32.1. The average Bonchev–Trinajstić information content (AvgIpc) is 2.65. The summed E-state index contributed by atoms with van der Waals surface area (Å²) in [6.45, 7) is 0.308. The van der Waals surface area contributed by atoms with Crippen molar-refractivity contribution >= 4 is 12.6 Å². The highest BCUT2D eigenvalue weighted by Crippen LogP contribution is 2.32. The van der Waals surface area contributed by atoms with Gasteiger partial charge in [0, 0.05) is 17.7 Å². The zero-order chi connectivity index (χ0) is 9.80. The van der Waals surface area contributed by atoms with Crippen molar-refractivity contribution in [2.45, 2.75) is 6.42 Å². The van der Waals surface area contributed by atoms with Crippen LogP contribution in [0.15, 0.2) is 18.2 Å². The average molecular weight is 206 g/mol. The summed E-state index contributed by atoms with van der Waals surface area (Å²) < 4.78 is 10.4. The smallest absolute Gasteiger partial charge is 0.231 e. The maximum atomic E-state index is 5.24. The predicted octanol–water partition coefficient (Wildman–Crippen LogP) is 2.09. The fraction of sp³-hybridized carbons (Fsp3) is 0.273. The monoisotopic (exact) mass is 206 g/mol. The number of ether oxygens (including phenoxy) is 2. The van der Waals surface area contributed by atoms with Gasteiger partial charge < -0.3 is 9.47 Å². The van der Waals surface area contributed by atoms with Gasteiger partial charge in [0.2, 0.25) is 6.79 Å². The molecule has 14 heavy (non-hydrogen) atoms. The van der Waals surface area contributed by atoms with Gasteiger partial charge in [0.15, 0.2) is 11.5 Å². The lowest BCUT2D eigenvalue weighted by Crippen LogP contribution is -1.92. The van der Waals surface area contributed by atoms with E-state index in [0.29, 0.717) is 6.79 Å². The van der Waals surface area contributed by atoms with Gasteiger partial charge in [-0.3, -0.25) is 0 Å². The summed E-state index contributed by atoms with van der Waals surface area (Å²) in [5, 5.41) is 0. The molecule has 0 atom stereocenters. The number of thiol groups is 1. The van der Waals surface area contributed by atoms with E-state index in [2.05, 4.69) is 24.5 Å². The molecule has 1 aliphatic heterocycles. The van der Waals surface area contributed by atoms with Crippen molar-refractivity contribution in [3.05, 3.63) is 23.8 Å². The van der Waals surface area contributed by atoms with Crippen LogP contribution in [0.5, 0.6) is 11.5 Å². The standard InChI is InChI=1S/C11H10O2S/c14-6-2-1-3-9-4-5-10-11(7-9)13-8-12-10/h4-5,7,14H,2,6,8H2. The van der Waals surface area contributed by atoms with Crippen molar-refractivity contribution in [3.63, 3.8) is 0 Å². The molecule has 0 spiro atoms. The molecule has 2 nitrogen and oxygen atoms in total. The molecule has 1 aromatic carbocycles. The van der Waals surface area contributed by atoms with Crippen LogP contribution in [0.25, 0.3) is 0 Å². The molecular formula is C11H10O2S. The van der Waals surface area contributed by atoms with Crippen molar-refractivity contribution < 1.29 is 9.47 Å². The Morgan fingerprint density at radius 1 is 1.29 bits per heavy atom. The molecule has 0 saturated heterocycles. The molecule has 0 aliphatic carbocycles. The van der Waals surface area contributed by atoms with Gasteiger partial charge in [0.25, 0.3) is 0 Å². The zero-order valence-electron chi connectivity index (χ0n) is 7.62. The van der Waals surface area contributed by atoms with Gasteiger partial charge in [0.1, 0.15) is 0 Å². The minimum Gasteiger partial charge on any atom is -0.454 e. The predicted molar refractivity (Wildman–Crippen MR) is 57.9 cm³/mol. The Labute approximate surface area is 88.6 Å². The van der Waals surface area contributed by atoms with E-state index in [-0.39, 0.29) is 0 Å². The maximum Gasteiger partial charge on any atom is 0.231 e. The zero-order valence-corrected chi connectivity index (χ0v) is 8.51. The minimum atomic E-state index is 0.308. The maximum absolute atomic E-state index is 5.24. The molecule has 1 heterocycles. The molecule has 0 saturated carbocycles. The van der Waals surface area contributed by atoms with E-state index in [1.54, 1.807) is 0 Å². The van der Waals surface area contributed by atoms with Gasteiger partial charge in [-0.05, 0) is 18.2 Å². The molecule has 0 amide bonds. The molecule has 1 aliphatic rings. The van der Waals surface area contributed by atoms with E-state index < -0.39 is 0 Å². The van der Waals surface area contributed by atoms with Crippen molar-refractivity contribution in [2.24, 2.45) is 0 Å². The second-order valence-corrected chi connectivity index (χ2v) is 3.29. The van der Waals surface area contributed by atoms with Crippen LogP contribution in [0.4, 0.5) is 0 Å². The summed E-state index contributed by atoms with van der Waals surface area (Å²) in [5.74, 6) is 8.43. The lowest BCUT2D eigenvalue weighted by molar-refractivity contribution is 0.174. The molecule has 1 aromatic rings. The van der Waals surface area contributed by atoms with E-state index in [4.69, 9.17) is 9.47 Å². The molecule has 0 aromatic heterocycles. The normalized spacial score (nSPS) is 12.1. The third kappa shape index (κ3) is 1.97. The first-order chi connectivity index (χ1) is 6.90. The Morgan fingerprint density at radius 3 is 3.00 bits per heavy atom. The number of hydrogen-bond donors (Lipinski definition) is 1. The largest absolute Gasteiger partial charge is 0.454 e. The molecule has 2 rings (SSSR count). The third-order valence-electron chi connectivity index (χ3n) is 1.84. The van der Waals surface area contributed by atoms with Crippen molar-refractivity contribution in [3.8, 4) is 23.3 Å². The molecule has 0 unspecified atom stereocenters. The fourth-order valence-corrected chi connectivity index (χ4v) is 1.31. The van der Waals surface area contributed by atoms with Gasteiger partial charge in [0.05, 0.1) is 0 Å². The summed E-state index contributed by atoms with van der Waals surface area (Å²) in [4.78, 5) is 0. The van der Waals surface area contributed by atoms with Crippen LogP contribution in [0, 0.1) is 11.8 Å². The first kappa shape index (κ1) is 9.29. The summed E-state index contributed by atoms with van der Waals surface area (Å²) in [6, 6.07) is 5.71. The van der Waals surface area contributed by atoms with Crippen LogP contribution >= 0.6 is 12.6 Å². The Morgan fingerprint density at radius 2 is 2.14 bits per heavy atom. The van der Waals surface area contributed by atoms with Crippen molar-refractivity contribution in [2.75, 3.05) is 12.5 Å². The number of fused-ring (bicyclic) bond motifs is 1. The number of hydrogen-bond acceptors (Lipinski definition) is 3. The van der Waals surface area contributed by atoms with Gasteiger partial charge in [-0.25, -0.2) is 0 Å². The van der Waals surface area contributed by atoms with Crippen LogP contribution in [0.2, 0.25) is 0 Å². The Hall–Kier alpha value is -1.27. The topological polar surface area (TPSA) is 18.5 Å². The van der Waals surface area contributed by atoms with Crippen LogP contribution in [0.3, 0.4) is 0 Å². The van der Waals surface area contributed by atoms with Crippen LogP contribution in [0.1, 0.15) is 12.0 Å². The first-order valence-corrected chi connectivity index (χ1v) is 5.03. The van der Waals surface area contributed by atoms with Crippen LogP contribution in [-0.2, 0) is 0 Å². The Balaban J connectivity index is 2.18. The summed E-state index contributed by atoms with van der Waals surface area (Å²) in [7, 11) is 0. The Kier molecular flexibility index (Phi) is 2.85. The number of benzene rings is 1. The van der Waals surface area contributed by atoms with Gasteiger partial charge in [-0.2, -0.15) is 12.6 Å². The quantitative estimate of drug-likeness (QED) is 0.560. The molecular weight excluding hydrogens is 196 g/mol. The lowest BCUT2D eigenvalue weighted by Gasteiger charge is -1.95. The van der Waals surface area contributed by atoms with Gasteiger partial charge in [-0.1, -0.05) is 11.8 Å². The first-order valence-electron chi connectivity index (χ1n) is 4.39. The second-order valence-electron chi connectivity index (χ2n) is 2.84. The SMILES string of the molecule is SCCC#Cc1ccc2c(c1)OCO2. The summed E-state index contributed by atoms with van der Waals surface area (Å²) in [6.07, 6.45) is 0.803. The van der Waals surface area contributed by atoms with E-state index in [1.165, 1.54) is 0 Å². The highest BCUT2D eigenvalue weighted by molar-refractivity contribution is 7.80. The summed E-state index contributed by atoms with van der Waals surface area (Å²) >= 11 is 4.08. The van der Waals surface area contributed by atoms with E-state index >= 15 is 0 Å². The van der Waals surface area contributed by atoms with Crippen LogP contribution < -0.4 is 9.47 Å². The summed E-state index contributed by atoms with van der Waals surface area (Å²) in [5.41, 5.74) is 0.955.